The van der Waals surface area contributed by atoms with Crippen molar-refractivity contribution >= 4 is 28.8 Å². The van der Waals surface area contributed by atoms with Crippen LogP contribution in [0.25, 0.3) is 0 Å². The fraction of sp³-hybridized carbons (Fsp3) is 0.0625. The molecule has 23 heavy (non-hydrogen) atoms. The molecule has 1 amide bonds. The third-order valence-electron chi connectivity index (χ3n) is 3.41. The summed E-state index contributed by atoms with van der Waals surface area (Å²) in [6.07, 6.45) is 0. The molecule has 0 atom stereocenters. The Hall–Kier alpha value is -3.35. The van der Waals surface area contributed by atoms with Crippen molar-refractivity contribution in [2.45, 2.75) is 6.92 Å². The zero-order chi connectivity index (χ0) is 16.6. The van der Waals surface area contributed by atoms with Crippen molar-refractivity contribution < 1.29 is 14.5 Å². The molecule has 1 aliphatic rings. The highest BCUT2D eigenvalue weighted by Gasteiger charge is 2.36. The molecule has 1 aliphatic heterocycles. The van der Waals surface area contributed by atoms with Crippen molar-refractivity contribution in [1.82, 2.24) is 0 Å². The van der Waals surface area contributed by atoms with Gasteiger partial charge in [0.25, 0.3) is 11.5 Å². The van der Waals surface area contributed by atoms with Gasteiger partial charge in [-0.3, -0.25) is 19.7 Å². The van der Waals surface area contributed by atoms with Gasteiger partial charge >= 0.3 is 5.91 Å². The highest BCUT2D eigenvalue weighted by Crippen LogP contribution is 2.23. The molecule has 2 aromatic carbocycles. The highest BCUT2D eigenvalue weighted by molar-refractivity contribution is 6.72. The summed E-state index contributed by atoms with van der Waals surface area (Å²) in [4.78, 5) is 34.5. The van der Waals surface area contributed by atoms with E-state index in [9.17, 15) is 19.7 Å². The zero-order valence-corrected chi connectivity index (χ0v) is 12.1. The number of Topliss-reactive ketones (excluding diaryl/α,β-unsaturated/α-hetero) is 1. The summed E-state index contributed by atoms with van der Waals surface area (Å²) >= 11 is 0. The number of benzene rings is 2. The van der Waals surface area contributed by atoms with Gasteiger partial charge in [0.05, 0.1) is 10.6 Å². The van der Waals surface area contributed by atoms with E-state index in [1.807, 2.05) is 6.92 Å². The highest BCUT2D eigenvalue weighted by atomic mass is 16.6. The number of hydrazone groups is 1. The fourth-order valence-electron chi connectivity index (χ4n) is 2.20. The lowest BCUT2D eigenvalue weighted by atomic mass is 10.1. The third-order valence-corrected chi connectivity index (χ3v) is 3.41. The molecule has 0 radical (unpaired) electrons. The maximum atomic E-state index is 12.1. The zero-order valence-electron chi connectivity index (χ0n) is 12.1. The minimum Gasteiger partial charge on any atom is -0.281 e. The smallest absolute Gasteiger partial charge is 0.281 e. The molecule has 0 aliphatic carbocycles. The minimum atomic E-state index is -0.786. The van der Waals surface area contributed by atoms with Gasteiger partial charge in [-0.15, -0.1) is 0 Å². The van der Waals surface area contributed by atoms with Gasteiger partial charge in [-0.1, -0.05) is 29.8 Å². The first-order valence-electron chi connectivity index (χ1n) is 6.76. The molecule has 0 N–H and O–H groups in total. The Morgan fingerprint density at radius 1 is 1.09 bits per heavy atom. The molecule has 7 heteroatoms. The molecule has 0 unspecified atom stereocenters. The predicted octanol–water partition coefficient (Wildman–Crippen LogP) is 2.22. The van der Waals surface area contributed by atoms with Crippen molar-refractivity contribution in [1.29, 1.82) is 0 Å². The summed E-state index contributed by atoms with van der Waals surface area (Å²) in [6, 6.07) is 12.5. The Morgan fingerprint density at radius 3 is 2.43 bits per heavy atom. The number of hydrogen-bond acceptors (Lipinski definition) is 5. The van der Waals surface area contributed by atoms with Crippen LogP contribution in [0.3, 0.4) is 0 Å². The number of anilines is 1. The number of rotatable bonds is 3. The van der Waals surface area contributed by atoms with Crippen LogP contribution in [0.5, 0.6) is 0 Å². The first-order chi connectivity index (χ1) is 11.0. The number of carbonyl (C=O) groups is 2. The topological polar surface area (TPSA) is 92.9 Å². The van der Waals surface area contributed by atoms with Gasteiger partial charge in [0.2, 0.25) is 0 Å². The van der Waals surface area contributed by atoms with Crippen LogP contribution in [0, 0.1) is 17.0 Å². The largest absolute Gasteiger partial charge is 0.321 e. The molecule has 114 valence electrons. The maximum absolute atomic E-state index is 12.1. The number of amides is 1. The molecule has 3 rings (SSSR count). The van der Waals surface area contributed by atoms with Crippen LogP contribution < -0.4 is 5.01 Å². The normalized spacial score (nSPS) is 14.1. The number of aryl methyl sites for hydroxylation is 1. The maximum Gasteiger partial charge on any atom is 0.321 e. The number of ketones is 1. The van der Waals surface area contributed by atoms with E-state index < -0.39 is 16.6 Å². The number of nitro benzene ring substituents is 1. The lowest BCUT2D eigenvalue weighted by Gasteiger charge is -2.10. The van der Waals surface area contributed by atoms with Gasteiger partial charge < -0.3 is 0 Å². The molecule has 0 bridgehead atoms. The van der Waals surface area contributed by atoms with E-state index in [0.717, 1.165) is 10.6 Å². The van der Waals surface area contributed by atoms with Crippen molar-refractivity contribution in [3.8, 4) is 0 Å². The molecule has 1 heterocycles. The Morgan fingerprint density at radius 2 is 1.78 bits per heavy atom. The Labute approximate surface area is 131 Å². The van der Waals surface area contributed by atoms with Gasteiger partial charge in [0.1, 0.15) is 5.71 Å². The second-order valence-electron chi connectivity index (χ2n) is 5.04. The average molecular weight is 309 g/mol. The van der Waals surface area contributed by atoms with Crippen molar-refractivity contribution in [3.63, 3.8) is 0 Å². The van der Waals surface area contributed by atoms with E-state index in [1.54, 1.807) is 24.3 Å². The first-order valence-corrected chi connectivity index (χ1v) is 6.76. The fourth-order valence-corrected chi connectivity index (χ4v) is 2.20. The SMILES string of the molecule is Cc1ccc(N2N=C(c3cccc([N+](=O)[O-])c3)C(=O)C2=O)cc1. The van der Waals surface area contributed by atoms with Crippen LogP contribution in [0.4, 0.5) is 11.4 Å². The predicted molar refractivity (Wildman–Crippen MR) is 83.3 cm³/mol. The van der Waals surface area contributed by atoms with Gasteiger partial charge in [0, 0.05) is 17.7 Å². The van der Waals surface area contributed by atoms with E-state index in [4.69, 9.17) is 0 Å². The number of hydrogen-bond donors (Lipinski definition) is 0. The molecule has 0 aromatic heterocycles. The standard InChI is InChI=1S/C16H11N3O4/c1-10-5-7-12(8-6-10)18-16(21)15(20)14(17-18)11-3-2-4-13(9-11)19(22)23/h2-9H,1H3. The van der Waals surface area contributed by atoms with E-state index in [-0.39, 0.29) is 17.0 Å². The van der Waals surface area contributed by atoms with Crippen LogP contribution in [0.1, 0.15) is 11.1 Å². The summed E-state index contributed by atoms with van der Waals surface area (Å²) in [7, 11) is 0. The second kappa shape index (κ2) is 5.45. The van der Waals surface area contributed by atoms with E-state index in [1.165, 1.54) is 24.3 Å². The summed E-state index contributed by atoms with van der Waals surface area (Å²) in [5, 5.41) is 15.9. The molecular formula is C16H11N3O4. The van der Waals surface area contributed by atoms with Crippen LogP contribution in [-0.2, 0) is 9.59 Å². The van der Waals surface area contributed by atoms with Crippen LogP contribution >= 0.6 is 0 Å². The molecule has 0 saturated carbocycles. The summed E-state index contributed by atoms with van der Waals surface area (Å²) in [5.74, 6) is -1.57. The first kappa shape index (κ1) is 14.6. The lowest BCUT2D eigenvalue weighted by molar-refractivity contribution is -0.384. The van der Waals surface area contributed by atoms with Crippen molar-refractivity contribution in [2.75, 3.05) is 5.01 Å². The van der Waals surface area contributed by atoms with E-state index in [2.05, 4.69) is 5.10 Å². The van der Waals surface area contributed by atoms with Gasteiger partial charge in [0.15, 0.2) is 0 Å². The number of nitro groups is 1. The lowest BCUT2D eigenvalue weighted by Crippen LogP contribution is -2.27. The van der Waals surface area contributed by atoms with Gasteiger partial charge in [-0.25, -0.2) is 0 Å². The van der Waals surface area contributed by atoms with Crippen LogP contribution in [-0.4, -0.2) is 22.3 Å². The summed E-state index contributed by atoms with van der Waals surface area (Å²) in [5.41, 5.74) is 1.45. The van der Waals surface area contributed by atoms with E-state index in [0.29, 0.717) is 5.69 Å². The molecular weight excluding hydrogens is 298 g/mol. The van der Waals surface area contributed by atoms with Gasteiger partial charge in [-0.05, 0) is 19.1 Å². The van der Waals surface area contributed by atoms with Crippen molar-refractivity contribution in [3.05, 3.63) is 69.8 Å². The van der Waals surface area contributed by atoms with Crippen molar-refractivity contribution in [2.24, 2.45) is 5.10 Å². The number of carbonyl (C=O) groups excluding carboxylic acids is 2. The quantitative estimate of drug-likeness (QED) is 0.493. The Balaban J connectivity index is 2.02. The molecule has 0 fully saturated rings. The van der Waals surface area contributed by atoms with Crippen LogP contribution in [0.15, 0.2) is 53.6 Å². The molecule has 0 spiro atoms. The number of non-ortho nitro benzene ring substituents is 1. The summed E-state index contributed by atoms with van der Waals surface area (Å²) < 4.78 is 0. The van der Waals surface area contributed by atoms with E-state index >= 15 is 0 Å². The molecule has 0 saturated heterocycles. The Kier molecular flexibility index (Phi) is 3.46. The molecule has 2 aromatic rings. The monoisotopic (exact) mass is 309 g/mol. The Bertz CT molecular complexity index is 856. The third kappa shape index (κ3) is 2.59. The minimum absolute atomic E-state index is 0.0979. The summed E-state index contributed by atoms with van der Waals surface area (Å²) in [6.45, 7) is 1.90. The average Bonchev–Trinajstić information content (AvgIpc) is 2.84. The van der Waals surface area contributed by atoms with Gasteiger partial charge in [-0.2, -0.15) is 10.1 Å². The molecule has 7 nitrogen and oxygen atoms in total. The second-order valence-corrected chi connectivity index (χ2v) is 5.04. The van der Waals surface area contributed by atoms with Crippen LogP contribution in [0.2, 0.25) is 0 Å². The number of nitrogens with zero attached hydrogens (tertiary/aromatic N) is 3.